The second kappa shape index (κ2) is 11.0. The Morgan fingerprint density at radius 2 is 1.66 bits per heavy atom. The highest BCUT2D eigenvalue weighted by molar-refractivity contribution is 6.33. The summed E-state index contributed by atoms with van der Waals surface area (Å²) in [5.74, 6) is -2.48. The van der Waals surface area contributed by atoms with Crippen LogP contribution in [-0.4, -0.2) is 31.1 Å². The first-order valence-electron chi connectivity index (χ1n) is 9.13. The predicted molar refractivity (Wildman–Crippen MR) is 111 cm³/mol. The summed E-state index contributed by atoms with van der Waals surface area (Å²) in [7, 11) is 0. The lowest BCUT2D eigenvalue weighted by Gasteiger charge is -2.10. The number of rotatable bonds is 7. The van der Waals surface area contributed by atoms with Gasteiger partial charge in [0.15, 0.2) is 0 Å². The van der Waals surface area contributed by atoms with Crippen molar-refractivity contribution in [1.82, 2.24) is 5.32 Å². The second-order valence-electron chi connectivity index (χ2n) is 5.96. The van der Waals surface area contributed by atoms with Crippen LogP contribution in [0.5, 0.6) is 0 Å². The lowest BCUT2D eigenvalue weighted by molar-refractivity contribution is -0.154. The topological polar surface area (TPSA) is 81.7 Å². The van der Waals surface area contributed by atoms with Crippen LogP contribution in [0.2, 0.25) is 5.02 Å². The van der Waals surface area contributed by atoms with Gasteiger partial charge in [0.25, 0.3) is 0 Å². The molecule has 0 atom stereocenters. The van der Waals surface area contributed by atoms with E-state index in [9.17, 15) is 14.4 Å². The average molecular weight is 416 g/mol. The van der Waals surface area contributed by atoms with Crippen LogP contribution in [0, 0.1) is 0 Å². The van der Waals surface area contributed by atoms with Crippen LogP contribution >= 0.6 is 11.6 Å². The van der Waals surface area contributed by atoms with Crippen molar-refractivity contribution in [2.24, 2.45) is 0 Å². The first-order valence-corrected chi connectivity index (χ1v) is 9.51. The number of hydrogen-bond acceptors (Lipinski definition) is 5. The molecule has 0 unspecified atom stereocenters. The van der Waals surface area contributed by atoms with Crippen molar-refractivity contribution in [3.8, 4) is 11.1 Å². The summed E-state index contributed by atoms with van der Waals surface area (Å²) in [6.07, 6.45) is 1.42. The molecule has 0 fully saturated rings. The van der Waals surface area contributed by atoms with Gasteiger partial charge in [0.2, 0.25) is 0 Å². The van der Waals surface area contributed by atoms with E-state index in [1.54, 1.807) is 26.0 Å². The van der Waals surface area contributed by atoms with Gasteiger partial charge in [-0.25, -0.2) is 4.79 Å². The summed E-state index contributed by atoms with van der Waals surface area (Å²) in [6, 6.07) is 14.9. The zero-order valence-electron chi connectivity index (χ0n) is 16.2. The first-order chi connectivity index (χ1) is 13.9. The maximum atomic E-state index is 12.0. The molecule has 0 heterocycles. The Balaban J connectivity index is 2.23. The van der Waals surface area contributed by atoms with Crippen molar-refractivity contribution in [3.63, 3.8) is 0 Å². The quantitative estimate of drug-likeness (QED) is 0.546. The van der Waals surface area contributed by atoms with Gasteiger partial charge < -0.3 is 14.8 Å². The van der Waals surface area contributed by atoms with E-state index in [0.717, 1.165) is 16.7 Å². The molecule has 0 saturated heterocycles. The Labute approximate surface area is 174 Å². The minimum Gasteiger partial charge on any atom is -0.466 e. The maximum absolute atomic E-state index is 12.0. The van der Waals surface area contributed by atoms with Crippen LogP contribution < -0.4 is 5.32 Å². The number of nitrogens with one attached hydrogen (secondary N) is 1. The van der Waals surface area contributed by atoms with Gasteiger partial charge in [0.05, 0.1) is 19.6 Å². The molecule has 0 aliphatic rings. The normalized spacial score (nSPS) is 10.9. The standard InChI is InChI=1S/C22H22ClNO5/c1-3-28-20(25)14-19(24-21(26)22(27)29-4-2)12-15-8-10-16(11-9-15)17-6-5-7-18(23)13-17/h5-13H,3-4,14H2,1-2H3,(H,24,26)/b19-12-. The molecular formula is C22H22ClNO5. The Kier molecular flexibility index (Phi) is 8.43. The highest BCUT2D eigenvalue weighted by atomic mass is 35.5. The molecule has 7 heteroatoms. The fourth-order valence-electron chi connectivity index (χ4n) is 2.53. The molecule has 0 radical (unpaired) electrons. The molecule has 1 amide bonds. The summed E-state index contributed by atoms with van der Waals surface area (Å²) in [5.41, 5.74) is 2.90. The Morgan fingerprint density at radius 3 is 2.28 bits per heavy atom. The smallest absolute Gasteiger partial charge is 0.397 e. The fourth-order valence-corrected chi connectivity index (χ4v) is 2.72. The van der Waals surface area contributed by atoms with Crippen molar-refractivity contribution in [2.45, 2.75) is 20.3 Å². The van der Waals surface area contributed by atoms with Crippen LogP contribution in [0.25, 0.3) is 17.2 Å². The van der Waals surface area contributed by atoms with E-state index in [1.165, 1.54) is 0 Å². The first kappa shape index (κ1) is 22.2. The zero-order chi connectivity index (χ0) is 21.2. The van der Waals surface area contributed by atoms with Crippen molar-refractivity contribution in [1.29, 1.82) is 0 Å². The van der Waals surface area contributed by atoms with Crippen LogP contribution in [0.15, 0.2) is 54.2 Å². The molecule has 1 N–H and O–H groups in total. The van der Waals surface area contributed by atoms with Crippen LogP contribution in [0.3, 0.4) is 0 Å². The van der Waals surface area contributed by atoms with Crippen LogP contribution in [-0.2, 0) is 23.9 Å². The molecule has 2 rings (SSSR count). The summed E-state index contributed by atoms with van der Waals surface area (Å²) in [4.78, 5) is 35.4. The number of carbonyl (C=O) groups is 3. The monoisotopic (exact) mass is 415 g/mol. The molecule has 6 nitrogen and oxygen atoms in total. The SMILES string of the molecule is CCOC(=O)C/C(=C/c1ccc(-c2cccc(Cl)c2)cc1)NC(=O)C(=O)OCC. The number of halogens is 1. The minimum absolute atomic E-state index is 0.0775. The molecule has 0 aliphatic carbocycles. The van der Waals surface area contributed by atoms with Gasteiger partial charge in [0, 0.05) is 10.7 Å². The molecule has 0 spiro atoms. The van der Waals surface area contributed by atoms with Crippen molar-refractivity contribution < 1.29 is 23.9 Å². The number of benzene rings is 2. The summed E-state index contributed by atoms with van der Waals surface area (Å²) < 4.78 is 9.60. The molecule has 0 saturated carbocycles. The predicted octanol–water partition coefficient (Wildman–Crippen LogP) is 3.98. The van der Waals surface area contributed by atoms with E-state index in [4.69, 9.17) is 16.3 Å². The van der Waals surface area contributed by atoms with Crippen molar-refractivity contribution in [3.05, 3.63) is 64.8 Å². The number of carbonyl (C=O) groups excluding carboxylic acids is 3. The Morgan fingerprint density at radius 1 is 0.966 bits per heavy atom. The van der Waals surface area contributed by atoms with Gasteiger partial charge in [-0.15, -0.1) is 0 Å². The van der Waals surface area contributed by atoms with E-state index in [-0.39, 0.29) is 25.3 Å². The number of hydrogen-bond donors (Lipinski definition) is 1. The number of esters is 2. The third-order valence-electron chi connectivity index (χ3n) is 3.78. The van der Waals surface area contributed by atoms with Gasteiger partial charge in [-0.05, 0) is 48.7 Å². The highest BCUT2D eigenvalue weighted by Crippen LogP contribution is 2.23. The van der Waals surface area contributed by atoms with E-state index in [1.807, 2.05) is 42.5 Å². The van der Waals surface area contributed by atoms with Crippen LogP contribution in [0.1, 0.15) is 25.8 Å². The van der Waals surface area contributed by atoms with Gasteiger partial charge in [-0.1, -0.05) is 48.0 Å². The van der Waals surface area contributed by atoms with Gasteiger partial charge in [-0.3, -0.25) is 9.59 Å². The molecule has 2 aromatic rings. The Bertz CT molecular complexity index is 906. The summed E-state index contributed by atoms with van der Waals surface area (Å²) >= 11 is 6.03. The maximum Gasteiger partial charge on any atom is 0.397 e. The van der Waals surface area contributed by atoms with Crippen molar-refractivity contribution in [2.75, 3.05) is 13.2 Å². The number of amides is 1. The van der Waals surface area contributed by atoms with E-state index in [0.29, 0.717) is 5.02 Å². The number of ether oxygens (including phenoxy) is 2. The van der Waals surface area contributed by atoms with Crippen LogP contribution in [0.4, 0.5) is 0 Å². The molecule has 2 aromatic carbocycles. The lowest BCUT2D eigenvalue weighted by atomic mass is 10.0. The molecule has 0 aromatic heterocycles. The summed E-state index contributed by atoms with van der Waals surface area (Å²) in [6.45, 7) is 3.58. The van der Waals surface area contributed by atoms with Gasteiger partial charge >= 0.3 is 17.8 Å². The third kappa shape index (κ3) is 7.08. The zero-order valence-corrected chi connectivity index (χ0v) is 17.0. The largest absolute Gasteiger partial charge is 0.466 e. The molecule has 29 heavy (non-hydrogen) atoms. The molecule has 0 aliphatic heterocycles. The Hall–Kier alpha value is -3.12. The van der Waals surface area contributed by atoms with Gasteiger partial charge in [0.1, 0.15) is 0 Å². The summed E-state index contributed by atoms with van der Waals surface area (Å²) in [5, 5.41) is 3.07. The minimum atomic E-state index is -1.02. The lowest BCUT2D eigenvalue weighted by Crippen LogP contribution is -2.32. The average Bonchev–Trinajstić information content (AvgIpc) is 2.68. The molecular weight excluding hydrogens is 394 g/mol. The van der Waals surface area contributed by atoms with Gasteiger partial charge in [-0.2, -0.15) is 0 Å². The molecule has 0 bridgehead atoms. The second-order valence-corrected chi connectivity index (χ2v) is 6.39. The highest BCUT2D eigenvalue weighted by Gasteiger charge is 2.18. The van der Waals surface area contributed by atoms with E-state index in [2.05, 4.69) is 10.1 Å². The third-order valence-corrected chi connectivity index (χ3v) is 4.02. The van der Waals surface area contributed by atoms with E-state index >= 15 is 0 Å². The van der Waals surface area contributed by atoms with E-state index < -0.39 is 17.8 Å². The molecule has 152 valence electrons. The fraction of sp³-hybridized carbons (Fsp3) is 0.227. The van der Waals surface area contributed by atoms with Crippen molar-refractivity contribution >= 4 is 35.5 Å².